The van der Waals surface area contributed by atoms with Gasteiger partial charge in [-0.15, -0.1) is 0 Å². The zero-order chi connectivity index (χ0) is 13.8. The molecule has 0 atom stereocenters. The Balaban J connectivity index is 2.08. The van der Waals surface area contributed by atoms with Gasteiger partial charge in [0.15, 0.2) is 5.76 Å². The molecule has 2 rings (SSSR count). The summed E-state index contributed by atoms with van der Waals surface area (Å²) in [6, 6.07) is 6.52. The van der Waals surface area contributed by atoms with Crippen molar-refractivity contribution >= 4 is 29.1 Å². The van der Waals surface area contributed by atoms with Crippen molar-refractivity contribution in [1.29, 1.82) is 0 Å². The molecule has 19 heavy (non-hydrogen) atoms. The molecule has 2 aromatic rings. The second-order valence-electron chi connectivity index (χ2n) is 3.61. The number of nitrogen functional groups attached to an aromatic ring is 1. The number of furan rings is 1. The number of nitrogens with two attached hydrogens (primary N) is 1. The molecule has 3 N–H and O–H groups in total. The van der Waals surface area contributed by atoms with Crippen LogP contribution >= 0.6 is 23.2 Å². The molecule has 0 aliphatic heterocycles. The van der Waals surface area contributed by atoms with E-state index in [0.717, 1.165) is 0 Å². The number of carbonyl (C=O) groups is 1. The summed E-state index contributed by atoms with van der Waals surface area (Å²) >= 11 is 11.7. The molecule has 1 heterocycles. The van der Waals surface area contributed by atoms with Crippen molar-refractivity contribution < 1.29 is 13.9 Å². The van der Waals surface area contributed by atoms with Gasteiger partial charge in [-0.3, -0.25) is 10.2 Å². The maximum Gasteiger partial charge on any atom is 0.301 e. The fourth-order valence-corrected chi connectivity index (χ4v) is 1.73. The predicted octanol–water partition coefficient (Wildman–Crippen LogP) is 2.77. The Hall–Kier alpha value is -1.69. The van der Waals surface area contributed by atoms with Crippen molar-refractivity contribution in [2.24, 2.45) is 5.84 Å². The molecule has 0 bridgehead atoms. The number of carbonyl (C=O) groups excluding carboxylic acids is 1. The second kappa shape index (κ2) is 5.97. The van der Waals surface area contributed by atoms with Crippen LogP contribution in [0.15, 0.2) is 34.9 Å². The first-order valence-electron chi connectivity index (χ1n) is 5.27. The lowest BCUT2D eigenvalue weighted by Gasteiger charge is -2.07. The van der Waals surface area contributed by atoms with Gasteiger partial charge >= 0.3 is 5.91 Å². The molecular formula is C12H10Cl2N2O3. The van der Waals surface area contributed by atoms with Crippen LogP contribution in [0.25, 0.3) is 0 Å². The highest BCUT2D eigenvalue weighted by molar-refractivity contribution is 6.42. The Morgan fingerprint density at radius 1 is 1.32 bits per heavy atom. The van der Waals surface area contributed by atoms with Crippen molar-refractivity contribution in [2.45, 2.75) is 6.61 Å². The average molecular weight is 301 g/mol. The van der Waals surface area contributed by atoms with E-state index >= 15 is 0 Å². The van der Waals surface area contributed by atoms with Gasteiger partial charge in [-0.25, -0.2) is 5.84 Å². The molecule has 0 radical (unpaired) electrons. The Bertz CT molecular complexity index is 598. The van der Waals surface area contributed by atoms with Crippen molar-refractivity contribution in [3.63, 3.8) is 0 Å². The third kappa shape index (κ3) is 3.20. The molecule has 0 fully saturated rings. The lowest BCUT2D eigenvalue weighted by Crippen LogP contribution is -2.30. The van der Waals surface area contributed by atoms with E-state index in [1.807, 2.05) is 5.43 Å². The lowest BCUT2D eigenvalue weighted by molar-refractivity contribution is 0.0922. The first-order valence-corrected chi connectivity index (χ1v) is 6.02. The van der Waals surface area contributed by atoms with Crippen LogP contribution in [0.1, 0.15) is 16.1 Å². The standard InChI is InChI=1S/C12H10Cl2N2O3/c13-9-2-1-8(5-10(9)14)19-6-7-3-4-18-11(7)12(17)16-15/h1-5H,6,15H2,(H,16,17). The van der Waals surface area contributed by atoms with Gasteiger partial charge in [-0.1, -0.05) is 23.2 Å². The van der Waals surface area contributed by atoms with Crippen molar-refractivity contribution in [1.82, 2.24) is 5.43 Å². The number of hydrogen-bond donors (Lipinski definition) is 2. The number of rotatable bonds is 4. The molecule has 1 amide bonds. The van der Waals surface area contributed by atoms with Gasteiger partial charge < -0.3 is 9.15 Å². The maximum absolute atomic E-state index is 11.4. The topological polar surface area (TPSA) is 77.5 Å². The molecule has 7 heteroatoms. The van der Waals surface area contributed by atoms with E-state index < -0.39 is 5.91 Å². The van der Waals surface area contributed by atoms with Gasteiger partial charge in [0.05, 0.1) is 16.3 Å². The molecule has 0 saturated carbocycles. The van der Waals surface area contributed by atoms with Crippen molar-refractivity contribution in [2.75, 3.05) is 0 Å². The summed E-state index contributed by atoms with van der Waals surface area (Å²) in [4.78, 5) is 11.4. The van der Waals surface area contributed by atoms with Crippen LogP contribution in [0.4, 0.5) is 0 Å². The number of ether oxygens (including phenoxy) is 1. The number of hydrogen-bond acceptors (Lipinski definition) is 4. The monoisotopic (exact) mass is 300 g/mol. The van der Waals surface area contributed by atoms with Crippen LogP contribution in [0.2, 0.25) is 10.0 Å². The molecule has 1 aromatic heterocycles. The first kappa shape index (κ1) is 13.7. The number of nitrogens with one attached hydrogen (secondary N) is 1. The van der Waals surface area contributed by atoms with Gasteiger partial charge in [0.1, 0.15) is 12.4 Å². The van der Waals surface area contributed by atoms with E-state index in [4.69, 9.17) is 38.2 Å². The zero-order valence-corrected chi connectivity index (χ0v) is 11.2. The maximum atomic E-state index is 11.4. The Kier molecular flexibility index (Phi) is 4.31. The van der Waals surface area contributed by atoms with E-state index in [1.54, 1.807) is 24.3 Å². The Labute approximate surface area is 119 Å². The minimum Gasteiger partial charge on any atom is -0.489 e. The second-order valence-corrected chi connectivity index (χ2v) is 4.43. The third-order valence-electron chi connectivity index (χ3n) is 2.37. The van der Waals surface area contributed by atoms with Crippen molar-refractivity contribution in [3.8, 4) is 5.75 Å². The summed E-state index contributed by atoms with van der Waals surface area (Å²) in [6.07, 6.45) is 1.39. The van der Waals surface area contributed by atoms with Crippen LogP contribution < -0.4 is 16.0 Å². The SMILES string of the molecule is NNC(=O)c1occc1COc1ccc(Cl)c(Cl)c1. The largest absolute Gasteiger partial charge is 0.489 e. The van der Waals surface area contributed by atoms with E-state index in [2.05, 4.69) is 0 Å². The van der Waals surface area contributed by atoms with E-state index in [1.165, 1.54) is 6.26 Å². The third-order valence-corrected chi connectivity index (χ3v) is 3.11. The smallest absolute Gasteiger partial charge is 0.301 e. The highest BCUT2D eigenvalue weighted by Gasteiger charge is 2.14. The Morgan fingerprint density at radius 3 is 2.79 bits per heavy atom. The van der Waals surface area contributed by atoms with E-state index in [0.29, 0.717) is 21.4 Å². The average Bonchev–Trinajstić information content (AvgIpc) is 2.87. The molecular weight excluding hydrogens is 291 g/mol. The highest BCUT2D eigenvalue weighted by atomic mass is 35.5. The minimum atomic E-state index is -0.516. The van der Waals surface area contributed by atoms with Crippen LogP contribution in [0.3, 0.4) is 0 Å². The number of benzene rings is 1. The number of amides is 1. The summed E-state index contributed by atoms with van der Waals surface area (Å²) in [5, 5.41) is 0.840. The summed E-state index contributed by atoms with van der Waals surface area (Å²) < 4.78 is 10.5. The lowest BCUT2D eigenvalue weighted by atomic mass is 10.2. The quantitative estimate of drug-likeness (QED) is 0.517. The zero-order valence-electron chi connectivity index (χ0n) is 9.65. The van der Waals surface area contributed by atoms with Gasteiger partial charge in [0.2, 0.25) is 0 Å². The normalized spacial score (nSPS) is 10.3. The molecule has 5 nitrogen and oxygen atoms in total. The van der Waals surface area contributed by atoms with Gasteiger partial charge in [-0.2, -0.15) is 0 Å². The highest BCUT2D eigenvalue weighted by Crippen LogP contribution is 2.27. The first-order chi connectivity index (χ1) is 9.11. The van der Waals surface area contributed by atoms with E-state index in [-0.39, 0.29) is 12.4 Å². The predicted molar refractivity (Wildman–Crippen MR) is 71.2 cm³/mol. The van der Waals surface area contributed by atoms with E-state index in [9.17, 15) is 4.79 Å². The summed E-state index contributed by atoms with van der Waals surface area (Å²) in [5.41, 5.74) is 2.57. The Morgan fingerprint density at radius 2 is 2.11 bits per heavy atom. The van der Waals surface area contributed by atoms with Crippen LogP contribution in [0, 0.1) is 0 Å². The minimum absolute atomic E-state index is 0.113. The van der Waals surface area contributed by atoms with Crippen molar-refractivity contribution in [3.05, 3.63) is 51.9 Å². The molecule has 100 valence electrons. The fraction of sp³-hybridized carbons (Fsp3) is 0.0833. The summed E-state index contributed by atoms with van der Waals surface area (Å²) in [7, 11) is 0. The fourth-order valence-electron chi connectivity index (χ4n) is 1.44. The molecule has 0 unspecified atom stereocenters. The van der Waals surface area contributed by atoms with Crippen LogP contribution in [0.5, 0.6) is 5.75 Å². The summed E-state index contributed by atoms with van der Waals surface area (Å²) in [6.45, 7) is 0.150. The van der Waals surface area contributed by atoms with Gasteiger partial charge in [0, 0.05) is 11.6 Å². The number of halogens is 2. The molecule has 0 saturated heterocycles. The molecule has 0 aliphatic rings. The van der Waals surface area contributed by atoms with Crippen LogP contribution in [-0.4, -0.2) is 5.91 Å². The van der Waals surface area contributed by atoms with Gasteiger partial charge in [0.25, 0.3) is 0 Å². The molecule has 1 aromatic carbocycles. The molecule has 0 spiro atoms. The number of hydrazine groups is 1. The molecule has 0 aliphatic carbocycles. The van der Waals surface area contributed by atoms with Gasteiger partial charge in [-0.05, 0) is 18.2 Å². The summed E-state index contributed by atoms with van der Waals surface area (Å²) in [5.74, 6) is 5.18. The van der Waals surface area contributed by atoms with Crippen LogP contribution in [-0.2, 0) is 6.61 Å².